The van der Waals surface area contributed by atoms with Crippen molar-refractivity contribution in [2.75, 3.05) is 19.1 Å². The van der Waals surface area contributed by atoms with Crippen LogP contribution in [0.2, 0.25) is 0 Å². The molecule has 0 unspecified atom stereocenters. The zero-order chi connectivity index (χ0) is 17.4. The third kappa shape index (κ3) is 4.66. The lowest BCUT2D eigenvalue weighted by atomic mass is 10.2. The SMILES string of the molecule is CCCCOc1c(OC)cc(/C=N\Nc2nccs2)cc1[N+](=O)[O-]. The van der Waals surface area contributed by atoms with Gasteiger partial charge in [0.2, 0.25) is 10.9 Å². The summed E-state index contributed by atoms with van der Waals surface area (Å²) in [6.45, 7) is 2.41. The summed E-state index contributed by atoms with van der Waals surface area (Å²) in [5.41, 5.74) is 3.12. The van der Waals surface area contributed by atoms with Crippen molar-refractivity contribution in [3.8, 4) is 11.5 Å². The predicted octanol–water partition coefficient (Wildman–Crippen LogP) is 3.68. The highest BCUT2D eigenvalue weighted by molar-refractivity contribution is 7.13. The first-order valence-corrected chi connectivity index (χ1v) is 8.21. The minimum Gasteiger partial charge on any atom is -0.493 e. The summed E-state index contributed by atoms with van der Waals surface area (Å²) >= 11 is 1.40. The molecule has 0 aliphatic heterocycles. The van der Waals surface area contributed by atoms with E-state index >= 15 is 0 Å². The third-order valence-corrected chi connectivity index (χ3v) is 3.70. The third-order valence-electron chi connectivity index (χ3n) is 3.02. The molecule has 9 heteroatoms. The smallest absolute Gasteiger partial charge is 0.315 e. The summed E-state index contributed by atoms with van der Waals surface area (Å²) in [5, 5.41) is 17.8. The second-order valence-electron chi connectivity index (χ2n) is 4.74. The predicted molar refractivity (Wildman–Crippen MR) is 93.4 cm³/mol. The van der Waals surface area contributed by atoms with Crippen LogP contribution in [0.25, 0.3) is 0 Å². The number of nitro groups is 1. The molecule has 0 saturated heterocycles. The largest absolute Gasteiger partial charge is 0.493 e. The van der Waals surface area contributed by atoms with E-state index in [2.05, 4.69) is 15.5 Å². The van der Waals surface area contributed by atoms with Crippen LogP contribution >= 0.6 is 11.3 Å². The maximum absolute atomic E-state index is 11.3. The van der Waals surface area contributed by atoms with Gasteiger partial charge in [-0.1, -0.05) is 13.3 Å². The Labute approximate surface area is 143 Å². The van der Waals surface area contributed by atoms with E-state index in [-0.39, 0.29) is 11.4 Å². The van der Waals surface area contributed by atoms with Crippen LogP contribution in [0, 0.1) is 10.1 Å². The van der Waals surface area contributed by atoms with Gasteiger partial charge in [0.25, 0.3) is 0 Å². The van der Waals surface area contributed by atoms with E-state index in [1.54, 1.807) is 12.3 Å². The molecule has 2 aromatic rings. The Kier molecular flexibility index (Phi) is 6.50. The average Bonchev–Trinajstić information content (AvgIpc) is 3.08. The van der Waals surface area contributed by atoms with Gasteiger partial charge in [-0.25, -0.2) is 4.98 Å². The highest BCUT2D eigenvalue weighted by atomic mass is 32.1. The summed E-state index contributed by atoms with van der Waals surface area (Å²) in [5.74, 6) is 0.442. The first-order valence-electron chi connectivity index (χ1n) is 7.33. The Morgan fingerprint density at radius 3 is 2.96 bits per heavy atom. The van der Waals surface area contributed by atoms with E-state index in [1.165, 1.54) is 30.7 Å². The molecule has 24 heavy (non-hydrogen) atoms. The van der Waals surface area contributed by atoms with E-state index in [0.717, 1.165) is 12.8 Å². The molecule has 0 aliphatic carbocycles. The fraction of sp³-hybridized carbons (Fsp3) is 0.333. The topological polar surface area (TPSA) is 98.9 Å². The number of nitrogens with zero attached hydrogens (tertiary/aromatic N) is 3. The van der Waals surface area contributed by atoms with Crippen LogP contribution in [-0.2, 0) is 0 Å². The van der Waals surface area contributed by atoms with E-state index in [4.69, 9.17) is 9.47 Å². The number of methoxy groups -OCH3 is 1. The quantitative estimate of drug-likeness (QED) is 0.320. The van der Waals surface area contributed by atoms with Gasteiger partial charge in [0.15, 0.2) is 5.75 Å². The zero-order valence-corrected chi connectivity index (χ0v) is 14.2. The van der Waals surface area contributed by atoms with E-state index in [0.29, 0.717) is 23.1 Å². The Morgan fingerprint density at radius 2 is 2.33 bits per heavy atom. The fourth-order valence-electron chi connectivity index (χ4n) is 1.87. The van der Waals surface area contributed by atoms with E-state index in [1.807, 2.05) is 12.3 Å². The first kappa shape index (κ1) is 17.7. The standard InChI is InChI=1S/C15H18N4O4S/c1-3-4-6-23-14-12(19(20)21)8-11(9-13(14)22-2)10-17-18-15-16-5-7-24-15/h5,7-10H,3-4,6H2,1-2H3,(H,16,18)/b17-10-. The van der Waals surface area contributed by atoms with Crippen molar-refractivity contribution < 1.29 is 14.4 Å². The molecular weight excluding hydrogens is 332 g/mol. The fourth-order valence-corrected chi connectivity index (χ4v) is 2.35. The zero-order valence-electron chi connectivity index (χ0n) is 13.4. The normalized spacial score (nSPS) is 10.8. The van der Waals surface area contributed by atoms with E-state index in [9.17, 15) is 10.1 Å². The summed E-state index contributed by atoms with van der Waals surface area (Å²) in [4.78, 5) is 14.9. The molecule has 0 spiro atoms. The highest BCUT2D eigenvalue weighted by Crippen LogP contribution is 2.38. The van der Waals surface area contributed by atoms with Crippen molar-refractivity contribution in [2.45, 2.75) is 19.8 Å². The average molecular weight is 350 g/mol. The van der Waals surface area contributed by atoms with Crippen molar-refractivity contribution in [1.82, 2.24) is 4.98 Å². The number of thiazole rings is 1. The molecule has 0 atom stereocenters. The number of rotatable bonds is 9. The summed E-state index contributed by atoms with van der Waals surface area (Å²) in [6, 6.07) is 3.04. The number of hydrogen-bond acceptors (Lipinski definition) is 8. The molecule has 0 aliphatic rings. The van der Waals surface area contributed by atoms with Gasteiger partial charge in [-0.05, 0) is 12.5 Å². The molecule has 1 heterocycles. The number of nitrogens with one attached hydrogen (secondary N) is 1. The molecule has 0 radical (unpaired) electrons. The van der Waals surface area contributed by atoms with Crippen LogP contribution in [0.5, 0.6) is 11.5 Å². The van der Waals surface area contributed by atoms with Gasteiger partial charge in [-0.2, -0.15) is 5.10 Å². The molecule has 0 bridgehead atoms. The highest BCUT2D eigenvalue weighted by Gasteiger charge is 2.22. The van der Waals surface area contributed by atoms with Gasteiger partial charge in [0, 0.05) is 23.2 Å². The lowest BCUT2D eigenvalue weighted by molar-refractivity contribution is -0.386. The second-order valence-corrected chi connectivity index (χ2v) is 5.63. The molecule has 1 aromatic carbocycles. The molecule has 0 saturated carbocycles. The lowest BCUT2D eigenvalue weighted by Gasteiger charge is -2.11. The molecule has 0 amide bonds. The molecular formula is C15H18N4O4S. The number of hydrazone groups is 1. The number of unbranched alkanes of at least 4 members (excludes halogenated alkanes) is 1. The van der Waals surface area contributed by atoms with Gasteiger partial charge in [-0.15, -0.1) is 11.3 Å². The molecule has 0 fully saturated rings. The maximum atomic E-state index is 11.3. The van der Waals surface area contributed by atoms with Crippen LogP contribution in [0.1, 0.15) is 25.3 Å². The van der Waals surface area contributed by atoms with Crippen molar-refractivity contribution in [2.24, 2.45) is 5.10 Å². The maximum Gasteiger partial charge on any atom is 0.315 e. The van der Waals surface area contributed by atoms with Crippen LogP contribution in [0.3, 0.4) is 0 Å². The molecule has 1 N–H and O–H groups in total. The molecule has 8 nitrogen and oxygen atoms in total. The van der Waals surface area contributed by atoms with Crippen LogP contribution < -0.4 is 14.9 Å². The number of hydrogen-bond donors (Lipinski definition) is 1. The number of aromatic nitrogens is 1. The van der Waals surface area contributed by atoms with Gasteiger partial charge in [-0.3, -0.25) is 15.5 Å². The number of benzene rings is 1. The van der Waals surface area contributed by atoms with Crippen molar-refractivity contribution >= 4 is 28.4 Å². The number of nitro benzene ring substituents is 1. The minimum absolute atomic E-state index is 0.140. The van der Waals surface area contributed by atoms with Crippen molar-refractivity contribution in [1.29, 1.82) is 0 Å². The Balaban J connectivity index is 2.24. The van der Waals surface area contributed by atoms with Crippen molar-refractivity contribution in [3.63, 3.8) is 0 Å². The molecule has 1 aromatic heterocycles. The Morgan fingerprint density at radius 1 is 1.50 bits per heavy atom. The second kappa shape index (κ2) is 8.82. The van der Waals surface area contributed by atoms with Crippen LogP contribution in [0.15, 0.2) is 28.8 Å². The monoisotopic (exact) mass is 350 g/mol. The Bertz CT molecular complexity index is 704. The molecule has 128 valence electrons. The van der Waals surface area contributed by atoms with Gasteiger partial charge < -0.3 is 9.47 Å². The van der Waals surface area contributed by atoms with E-state index < -0.39 is 4.92 Å². The minimum atomic E-state index is -0.491. The van der Waals surface area contributed by atoms with Crippen molar-refractivity contribution in [3.05, 3.63) is 39.4 Å². The van der Waals surface area contributed by atoms with Gasteiger partial charge >= 0.3 is 5.69 Å². The number of anilines is 1. The number of ether oxygens (including phenoxy) is 2. The first-order chi connectivity index (χ1) is 11.7. The van der Waals surface area contributed by atoms with Crippen LogP contribution in [-0.4, -0.2) is 29.8 Å². The lowest BCUT2D eigenvalue weighted by Crippen LogP contribution is -2.03. The summed E-state index contributed by atoms with van der Waals surface area (Å²) in [7, 11) is 1.44. The van der Waals surface area contributed by atoms with Gasteiger partial charge in [0.05, 0.1) is 24.9 Å². The summed E-state index contributed by atoms with van der Waals surface area (Å²) in [6.07, 6.45) is 4.86. The molecule has 2 rings (SSSR count). The Hall–Kier alpha value is -2.68. The van der Waals surface area contributed by atoms with Crippen LogP contribution in [0.4, 0.5) is 10.8 Å². The summed E-state index contributed by atoms with van der Waals surface area (Å²) < 4.78 is 10.8. The van der Waals surface area contributed by atoms with Gasteiger partial charge in [0.1, 0.15) is 0 Å².